The molecule has 0 aliphatic carbocycles. The fourth-order valence-corrected chi connectivity index (χ4v) is 2.62. The first-order valence-electron chi connectivity index (χ1n) is 7.49. The first kappa shape index (κ1) is 18.0. The third-order valence-electron chi connectivity index (χ3n) is 3.42. The molecule has 2 aromatic carbocycles. The molecule has 0 saturated carbocycles. The third-order valence-corrected chi connectivity index (χ3v) is 3.91. The second-order valence-electron chi connectivity index (χ2n) is 5.58. The van der Waals surface area contributed by atoms with E-state index in [-0.39, 0.29) is 24.0 Å². The molecule has 0 bridgehead atoms. The number of benzene rings is 2. The van der Waals surface area contributed by atoms with E-state index in [0.717, 1.165) is 10.0 Å². The Hall–Kier alpha value is -2.34. The lowest BCUT2D eigenvalue weighted by molar-refractivity contribution is -0.118. The van der Waals surface area contributed by atoms with Crippen molar-refractivity contribution in [2.24, 2.45) is 5.73 Å². The second kappa shape index (κ2) is 7.97. The molecule has 126 valence electrons. The number of carbonyl (C=O) groups excluding carboxylic acids is 2. The second-order valence-corrected chi connectivity index (χ2v) is 6.50. The Morgan fingerprint density at radius 1 is 1.21 bits per heavy atom. The summed E-state index contributed by atoms with van der Waals surface area (Å²) in [6, 6.07) is 12.2. The van der Waals surface area contributed by atoms with Crippen molar-refractivity contribution >= 4 is 33.4 Å². The van der Waals surface area contributed by atoms with Crippen LogP contribution in [0.5, 0.6) is 5.75 Å². The first-order chi connectivity index (χ1) is 11.4. The van der Waals surface area contributed by atoms with Gasteiger partial charge in [0, 0.05) is 4.47 Å². The SMILES string of the molecule is CC(C)c1cc(Br)ccc1OCC(=O)Nc1ccccc1C(N)=O. The Labute approximate surface area is 149 Å². The predicted octanol–water partition coefficient (Wildman–Crippen LogP) is 3.69. The maximum absolute atomic E-state index is 12.1. The standard InChI is InChI=1S/C18H19BrN2O3/c1-11(2)14-9-12(19)7-8-16(14)24-10-17(22)21-15-6-4-3-5-13(15)18(20)23/h3-9,11H,10H2,1-2H3,(H2,20,23)(H,21,22). The van der Waals surface area contributed by atoms with E-state index < -0.39 is 5.91 Å². The molecular formula is C18H19BrN2O3. The van der Waals surface area contributed by atoms with Crippen LogP contribution < -0.4 is 15.8 Å². The van der Waals surface area contributed by atoms with Gasteiger partial charge in [0.15, 0.2) is 6.61 Å². The minimum absolute atomic E-state index is 0.158. The van der Waals surface area contributed by atoms with E-state index in [1.165, 1.54) is 0 Å². The summed E-state index contributed by atoms with van der Waals surface area (Å²) in [5, 5.41) is 2.65. The topological polar surface area (TPSA) is 81.4 Å². The Morgan fingerprint density at radius 3 is 2.58 bits per heavy atom. The van der Waals surface area contributed by atoms with Crippen LogP contribution in [0.4, 0.5) is 5.69 Å². The van der Waals surface area contributed by atoms with Crippen LogP contribution in [-0.4, -0.2) is 18.4 Å². The number of nitrogens with one attached hydrogen (secondary N) is 1. The molecule has 6 heteroatoms. The third kappa shape index (κ3) is 4.58. The monoisotopic (exact) mass is 390 g/mol. The number of carbonyl (C=O) groups is 2. The number of para-hydroxylation sites is 1. The molecular weight excluding hydrogens is 372 g/mol. The van der Waals surface area contributed by atoms with E-state index in [2.05, 4.69) is 35.1 Å². The zero-order valence-electron chi connectivity index (χ0n) is 13.5. The van der Waals surface area contributed by atoms with Crippen LogP contribution in [0.1, 0.15) is 35.7 Å². The van der Waals surface area contributed by atoms with Gasteiger partial charge in [-0.1, -0.05) is 41.9 Å². The zero-order valence-corrected chi connectivity index (χ0v) is 15.1. The van der Waals surface area contributed by atoms with Gasteiger partial charge in [0.25, 0.3) is 11.8 Å². The number of anilines is 1. The number of ether oxygens (including phenoxy) is 1. The molecule has 0 atom stereocenters. The summed E-state index contributed by atoms with van der Waals surface area (Å²) < 4.78 is 6.60. The van der Waals surface area contributed by atoms with E-state index in [9.17, 15) is 9.59 Å². The molecule has 24 heavy (non-hydrogen) atoms. The van der Waals surface area contributed by atoms with Gasteiger partial charge >= 0.3 is 0 Å². The smallest absolute Gasteiger partial charge is 0.262 e. The molecule has 0 saturated heterocycles. The summed E-state index contributed by atoms with van der Waals surface area (Å²) in [4.78, 5) is 23.5. The van der Waals surface area contributed by atoms with E-state index in [4.69, 9.17) is 10.5 Å². The van der Waals surface area contributed by atoms with Gasteiger partial charge in [-0.3, -0.25) is 9.59 Å². The van der Waals surface area contributed by atoms with Gasteiger partial charge in [-0.2, -0.15) is 0 Å². The van der Waals surface area contributed by atoms with Gasteiger partial charge in [-0.25, -0.2) is 0 Å². The summed E-state index contributed by atoms with van der Waals surface area (Å²) in [6.07, 6.45) is 0. The molecule has 2 rings (SSSR count). The highest BCUT2D eigenvalue weighted by Gasteiger charge is 2.13. The zero-order chi connectivity index (χ0) is 17.7. The summed E-state index contributed by atoms with van der Waals surface area (Å²) in [6.45, 7) is 3.95. The first-order valence-corrected chi connectivity index (χ1v) is 8.28. The molecule has 0 fully saturated rings. The van der Waals surface area contributed by atoms with Crippen molar-refractivity contribution in [3.63, 3.8) is 0 Å². The van der Waals surface area contributed by atoms with Crippen LogP contribution >= 0.6 is 15.9 Å². The highest BCUT2D eigenvalue weighted by Crippen LogP contribution is 2.29. The van der Waals surface area contributed by atoms with Crippen LogP contribution in [0.3, 0.4) is 0 Å². The molecule has 0 aliphatic rings. The van der Waals surface area contributed by atoms with Crippen molar-refractivity contribution in [1.82, 2.24) is 0 Å². The maximum Gasteiger partial charge on any atom is 0.262 e. The van der Waals surface area contributed by atoms with Gasteiger partial charge in [-0.15, -0.1) is 0 Å². The van der Waals surface area contributed by atoms with Crippen molar-refractivity contribution < 1.29 is 14.3 Å². The van der Waals surface area contributed by atoms with Crippen molar-refractivity contribution in [3.05, 3.63) is 58.1 Å². The maximum atomic E-state index is 12.1. The molecule has 0 heterocycles. The molecule has 2 amide bonds. The van der Waals surface area contributed by atoms with Crippen LogP contribution in [-0.2, 0) is 4.79 Å². The number of amides is 2. The van der Waals surface area contributed by atoms with E-state index in [0.29, 0.717) is 11.4 Å². The Balaban J connectivity index is 2.06. The van der Waals surface area contributed by atoms with Gasteiger partial charge in [0.1, 0.15) is 5.75 Å². The molecule has 0 aromatic heterocycles. The molecule has 0 aliphatic heterocycles. The van der Waals surface area contributed by atoms with Gasteiger partial charge in [0.05, 0.1) is 11.3 Å². The van der Waals surface area contributed by atoms with Gasteiger partial charge in [-0.05, 0) is 41.8 Å². The Bertz CT molecular complexity index is 760. The molecule has 3 N–H and O–H groups in total. The van der Waals surface area contributed by atoms with E-state index >= 15 is 0 Å². The Morgan fingerprint density at radius 2 is 1.92 bits per heavy atom. The Kier molecular flexibility index (Phi) is 5.98. The van der Waals surface area contributed by atoms with Gasteiger partial charge in [0.2, 0.25) is 0 Å². The van der Waals surface area contributed by atoms with Crippen LogP contribution in [0.15, 0.2) is 46.9 Å². The molecule has 0 radical (unpaired) electrons. The molecule has 5 nitrogen and oxygen atoms in total. The van der Waals surface area contributed by atoms with Crippen molar-refractivity contribution in [2.45, 2.75) is 19.8 Å². The summed E-state index contributed by atoms with van der Waals surface area (Å²) >= 11 is 3.43. The quantitative estimate of drug-likeness (QED) is 0.788. The molecule has 0 unspecified atom stereocenters. The fraction of sp³-hybridized carbons (Fsp3) is 0.222. The minimum atomic E-state index is -0.596. The van der Waals surface area contributed by atoms with Gasteiger partial charge < -0.3 is 15.8 Å². The van der Waals surface area contributed by atoms with Crippen molar-refractivity contribution in [3.8, 4) is 5.75 Å². The molecule has 2 aromatic rings. The predicted molar refractivity (Wildman–Crippen MR) is 97.3 cm³/mol. The highest BCUT2D eigenvalue weighted by atomic mass is 79.9. The van der Waals surface area contributed by atoms with Crippen LogP contribution in [0.25, 0.3) is 0 Å². The highest BCUT2D eigenvalue weighted by molar-refractivity contribution is 9.10. The lowest BCUT2D eigenvalue weighted by Crippen LogP contribution is -2.23. The average molecular weight is 391 g/mol. The van der Waals surface area contributed by atoms with Crippen molar-refractivity contribution in [1.29, 1.82) is 0 Å². The summed E-state index contributed by atoms with van der Waals surface area (Å²) in [5.41, 5.74) is 6.94. The molecule has 0 spiro atoms. The normalized spacial score (nSPS) is 10.5. The van der Waals surface area contributed by atoms with E-state index in [1.54, 1.807) is 24.3 Å². The number of hydrogen-bond acceptors (Lipinski definition) is 3. The number of hydrogen-bond donors (Lipinski definition) is 2. The number of nitrogens with two attached hydrogens (primary N) is 1. The lowest BCUT2D eigenvalue weighted by atomic mass is 10.0. The van der Waals surface area contributed by atoms with Crippen molar-refractivity contribution in [2.75, 3.05) is 11.9 Å². The fourth-order valence-electron chi connectivity index (χ4n) is 2.24. The number of rotatable bonds is 6. The summed E-state index contributed by atoms with van der Waals surface area (Å²) in [7, 11) is 0. The number of primary amides is 1. The lowest BCUT2D eigenvalue weighted by Gasteiger charge is -2.15. The average Bonchev–Trinajstić information content (AvgIpc) is 2.53. The largest absolute Gasteiger partial charge is 0.483 e. The van der Waals surface area contributed by atoms with Crippen LogP contribution in [0.2, 0.25) is 0 Å². The number of halogens is 1. The van der Waals surface area contributed by atoms with E-state index in [1.807, 2.05) is 18.2 Å². The van der Waals surface area contributed by atoms with Crippen LogP contribution in [0, 0.1) is 0 Å². The minimum Gasteiger partial charge on any atom is -0.483 e. The summed E-state index contributed by atoms with van der Waals surface area (Å²) in [5.74, 6) is -0.0363.